The zero-order valence-electron chi connectivity index (χ0n) is 12.4. The number of hydrogen-bond acceptors (Lipinski definition) is 5. The summed E-state index contributed by atoms with van der Waals surface area (Å²) < 4.78 is 10.5. The van der Waals surface area contributed by atoms with Crippen LogP contribution in [-0.4, -0.2) is 48.5 Å². The molecule has 2 amide bonds. The van der Waals surface area contributed by atoms with Gasteiger partial charge in [0.2, 0.25) is 11.8 Å². The van der Waals surface area contributed by atoms with Crippen LogP contribution in [0.3, 0.4) is 0 Å². The molecule has 7 nitrogen and oxygen atoms in total. The molecule has 1 aliphatic heterocycles. The average Bonchev–Trinajstić information content (AvgIpc) is 2.60. The van der Waals surface area contributed by atoms with Crippen molar-refractivity contribution in [3.63, 3.8) is 0 Å². The van der Waals surface area contributed by atoms with E-state index in [4.69, 9.17) is 9.47 Å². The van der Waals surface area contributed by atoms with Gasteiger partial charge in [0.05, 0.1) is 20.8 Å². The minimum absolute atomic E-state index is 0.121. The van der Waals surface area contributed by atoms with E-state index in [9.17, 15) is 9.59 Å². The van der Waals surface area contributed by atoms with Gasteiger partial charge in [-0.25, -0.2) is 0 Å². The van der Waals surface area contributed by atoms with Crippen LogP contribution in [0.2, 0.25) is 0 Å². The standard InChI is InChI=1S/C14H19N3O4/c1-9-14(19)17(7-5-12(18)16-9)8-10-13(21-3)11(20-2)4-6-15-10/h4,6,9H,5,7-8H2,1-3H3,(H,16,18). The summed E-state index contributed by atoms with van der Waals surface area (Å²) in [6.45, 7) is 2.31. The van der Waals surface area contributed by atoms with Gasteiger partial charge in [0.15, 0.2) is 11.5 Å². The first-order chi connectivity index (χ1) is 10.1. The van der Waals surface area contributed by atoms with Gasteiger partial charge in [-0.15, -0.1) is 0 Å². The van der Waals surface area contributed by atoms with E-state index in [0.29, 0.717) is 23.7 Å². The molecule has 0 aromatic carbocycles. The Morgan fingerprint density at radius 3 is 2.81 bits per heavy atom. The fraction of sp³-hybridized carbons (Fsp3) is 0.500. The van der Waals surface area contributed by atoms with Crippen LogP contribution >= 0.6 is 0 Å². The maximum Gasteiger partial charge on any atom is 0.245 e. The number of ether oxygens (including phenoxy) is 2. The summed E-state index contributed by atoms with van der Waals surface area (Å²) in [5, 5.41) is 2.65. The number of nitrogens with one attached hydrogen (secondary N) is 1. The van der Waals surface area contributed by atoms with E-state index >= 15 is 0 Å². The highest BCUT2D eigenvalue weighted by Crippen LogP contribution is 2.30. The van der Waals surface area contributed by atoms with Crippen LogP contribution in [0.25, 0.3) is 0 Å². The van der Waals surface area contributed by atoms with Crippen LogP contribution < -0.4 is 14.8 Å². The van der Waals surface area contributed by atoms with E-state index < -0.39 is 6.04 Å². The molecule has 2 rings (SSSR count). The number of pyridine rings is 1. The summed E-state index contributed by atoms with van der Waals surface area (Å²) in [6, 6.07) is 1.16. The van der Waals surface area contributed by atoms with E-state index in [1.165, 1.54) is 7.11 Å². The van der Waals surface area contributed by atoms with Crippen LogP contribution in [0.5, 0.6) is 11.5 Å². The highest BCUT2D eigenvalue weighted by molar-refractivity contribution is 5.89. The molecular weight excluding hydrogens is 274 g/mol. The highest BCUT2D eigenvalue weighted by atomic mass is 16.5. The van der Waals surface area contributed by atoms with Crippen LogP contribution in [0, 0.1) is 0 Å². The van der Waals surface area contributed by atoms with Crippen molar-refractivity contribution in [3.05, 3.63) is 18.0 Å². The maximum absolute atomic E-state index is 12.3. The predicted molar refractivity (Wildman–Crippen MR) is 75.0 cm³/mol. The topological polar surface area (TPSA) is 80.8 Å². The summed E-state index contributed by atoms with van der Waals surface area (Å²) >= 11 is 0. The Balaban J connectivity index is 2.24. The van der Waals surface area contributed by atoms with Gasteiger partial charge in [-0.2, -0.15) is 0 Å². The molecule has 1 aromatic rings. The van der Waals surface area contributed by atoms with Gasteiger partial charge in [0.1, 0.15) is 11.7 Å². The predicted octanol–water partition coefficient (Wildman–Crippen LogP) is 0.336. The third kappa shape index (κ3) is 3.24. The molecule has 7 heteroatoms. The third-order valence-corrected chi connectivity index (χ3v) is 3.38. The van der Waals surface area contributed by atoms with E-state index in [1.807, 2.05) is 0 Å². The summed E-state index contributed by atoms with van der Waals surface area (Å²) in [6.07, 6.45) is 1.88. The zero-order chi connectivity index (χ0) is 15.4. The first-order valence-corrected chi connectivity index (χ1v) is 6.70. The zero-order valence-corrected chi connectivity index (χ0v) is 12.4. The van der Waals surface area contributed by atoms with Crippen LogP contribution in [0.15, 0.2) is 12.3 Å². The van der Waals surface area contributed by atoms with Gasteiger partial charge in [0.25, 0.3) is 0 Å². The quantitative estimate of drug-likeness (QED) is 0.865. The first-order valence-electron chi connectivity index (χ1n) is 6.70. The molecule has 1 atom stereocenters. The molecule has 1 fully saturated rings. The number of rotatable bonds is 4. The van der Waals surface area contributed by atoms with Crippen molar-refractivity contribution in [3.8, 4) is 11.5 Å². The van der Waals surface area contributed by atoms with E-state index in [0.717, 1.165) is 0 Å². The van der Waals surface area contributed by atoms with E-state index in [2.05, 4.69) is 10.3 Å². The summed E-state index contributed by atoms with van der Waals surface area (Å²) in [5.74, 6) is 0.812. The second-order valence-electron chi connectivity index (χ2n) is 4.79. The van der Waals surface area contributed by atoms with Gasteiger partial charge >= 0.3 is 0 Å². The summed E-state index contributed by atoms with van der Waals surface area (Å²) in [7, 11) is 3.07. The second kappa shape index (κ2) is 6.43. The molecule has 2 heterocycles. The normalized spacial score (nSPS) is 19.0. The third-order valence-electron chi connectivity index (χ3n) is 3.38. The van der Waals surface area contributed by atoms with Crippen molar-refractivity contribution in [1.82, 2.24) is 15.2 Å². The summed E-state index contributed by atoms with van der Waals surface area (Å²) in [4.78, 5) is 29.6. The molecule has 0 saturated carbocycles. The molecule has 0 bridgehead atoms. The maximum atomic E-state index is 12.3. The van der Waals surface area contributed by atoms with Crippen LogP contribution in [0.1, 0.15) is 19.0 Å². The monoisotopic (exact) mass is 293 g/mol. The number of amides is 2. The molecular formula is C14H19N3O4. The Labute approximate surface area is 123 Å². The van der Waals surface area contributed by atoms with E-state index in [1.54, 1.807) is 31.2 Å². The van der Waals surface area contributed by atoms with Crippen molar-refractivity contribution in [1.29, 1.82) is 0 Å². The molecule has 1 aliphatic rings. The Morgan fingerprint density at radius 1 is 1.38 bits per heavy atom. The Bertz CT molecular complexity index is 547. The van der Waals surface area contributed by atoms with Crippen molar-refractivity contribution < 1.29 is 19.1 Å². The lowest BCUT2D eigenvalue weighted by molar-refractivity contribution is -0.133. The number of carbonyl (C=O) groups excluding carboxylic acids is 2. The lowest BCUT2D eigenvalue weighted by Gasteiger charge is -2.23. The molecule has 1 unspecified atom stereocenters. The minimum atomic E-state index is -0.531. The fourth-order valence-electron chi connectivity index (χ4n) is 2.30. The van der Waals surface area contributed by atoms with Gasteiger partial charge < -0.3 is 19.7 Å². The van der Waals surface area contributed by atoms with Crippen molar-refractivity contribution in [2.45, 2.75) is 25.9 Å². The molecule has 1 saturated heterocycles. The molecule has 21 heavy (non-hydrogen) atoms. The Morgan fingerprint density at radius 2 is 2.14 bits per heavy atom. The number of methoxy groups -OCH3 is 2. The first kappa shape index (κ1) is 15.1. The Kier molecular flexibility index (Phi) is 4.62. The highest BCUT2D eigenvalue weighted by Gasteiger charge is 2.27. The van der Waals surface area contributed by atoms with Gasteiger partial charge in [-0.05, 0) is 6.92 Å². The number of hydrogen-bond donors (Lipinski definition) is 1. The lowest BCUT2D eigenvalue weighted by Crippen LogP contribution is -2.42. The SMILES string of the molecule is COc1ccnc(CN2CCC(=O)NC(C)C2=O)c1OC. The van der Waals surface area contributed by atoms with Crippen LogP contribution in [-0.2, 0) is 16.1 Å². The Hall–Kier alpha value is -2.31. The number of carbonyl (C=O) groups is 2. The van der Waals surface area contributed by atoms with Gasteiger partial charge in [-0.1, -0.05) is 0 Å². The molecule has 0 radical (unpaired) electrons. The average molecular weight is 293 g/mol. The second-order valence-corrected chi connectivity index (χ2v) is 4.79. The van der Waals surface area contributed by atoms with E-state index in [-0.39, 0.29) is 24.8 Å². The van der Waals surface area contributed by atoms with Crippen molar-refractivity contribution in [2.75, 3.05) is 20.8 Å². The largest absolute Gasteiger partial charge is 0.493 e. The smallest absolute Gasteiger partial charge is 0.245 e. The fourth-order valence-corrected chi connectivity index (χ4v) is 2.30. The minimum Gasteiger partial charge on any atom is -0.493 e. The summed E-state index contributed by atoms with van der Waals surface area (Å²) in [5.41, 5.74) is 0.603. The van der Waals surface area contributed by atoms with Crippen molar-refractivity contribution >= 4 is 11.8 Å². The van der Waals surface area contributed by atoms with Crippen molar-refractivity contribution in [2.24, 2.45) is 0 Å². The van der Waals surface area contributed by atoms with Gasteiger partial charge in [0, 0.05) is 25.2 Å². The molecule has 1 N–H and O–H groups in total. The number of nitrogens with zero attached hydrogens (tertiary/aromatic N) is 2. The molecule has 0 spiro atoms. The number of aromatic nitrogens is 1. The molecule has 0 aliphatic carbocycles. The lowest BCUT2D eigenvalue weighted by atomic mass is 10.2. The molecule has 1 aromatic heterocycles. The van der Waals surface area contributed by atoms with Crippen LogP contribution in [0.4, 0.5) is 0 Å². The van der Waals surface area contributed by atoms with Gasteiger partial charge in [-0.3, -0.25) is 14.6 Å². The molecule has 114 valence electrons.